The Kier molecular flexibility index (Phi) is 4.94. The lowest BCUT2D eigenvalue weighted by atomic mass is 10.1. The Morgan fingerprint density at radius 2 is 1.67 bits per heavy atom. The van der Waals surface area contributed by atoms with Gasteiger partial charge in [-0.1, -0.05) is 18.2 Å². The molecule has 0 unspecified atom stereocenters. The number of hydrogen-bond acceptors (Lipinski definition) is 5. The lowest BCUT2D eigenvalue weighted by Gasteiger charge is -2.25. The number of nitrogens with one attached hydrogen (secondary N) is 1. The third kappa shape index (κ3) is 4.13. The van der Waals surface area contributed by atoms with Crippen LogP contribution >= 0.6 is 0 Å². The first kappa shape index (κ1) is 18.6. The van der Waals surface area contributed by atoms with Gasteiger partial charge in [0.2, 0.25) is 0 Å². The van der Waals surface area contributed by atoms with E-state index in [1.807, 2.05) is 0 Å². The Labute approximate surface area is 157 Å². The van der Waals surface area contributed by atoms with Gasteiger partial charge in [-0.25, -0.2) is 4.79 Å². The molecule has 2 aromatic rings. The number of amides is 3. The number of aromatic nitrogens is 1. The number of carbonyl (C=O) groups is 3. The molecule has 3 rings (SSSR count). The molecule has 140 valence electrons. The van der Waals surface area contributed by atoms with Crippen LogP contribution in [0.5, 0.6) is 0 Å². The molecule has 7 nitrogen and oxygen atoms in total. The van der Waals surface area contributed by atoms with E-state index < -0.39 is 17.7 Å². The van der Waals surface area contributed by atoms with Crippen molar-refractivity contribution in [1.82, 2.24) is 15.2 Å². The topological polar surface area (TPSA) is 88.6 Å². The predicted molar refractivity (Wildman–Crippen MR) is 98.2 cm³/mol. The summed E-state index contributed by atoms with van der Waals surface area (Å²) in [5.74, 6) is -0.773. The second-order valence-electron chi connectivity index (χ2n) is 7.22. The second kappa shape index (κ2) is 7.19. The van der Waals surface area contributed by atoms with Crippen molar-refractivity contribution in [2.75, 3.05) is 6.54 Å². The maximum absolute atomic E-state index is 12.6. The van der Waals surface area contributed by atoms with Crippen LogP contribution in [0.4, 0.5) is 4.79 Å². The lowest BCUT2D eigenvalue weighted by Crippen LogP contribution is -2.42. The fraction of sp³-hybridized carbons (Fsp3) is 0.300. The van der Waals surface area contributed by atoms with Crippen LogP contribution < -0.4 is 5.32 Å². The summed E-state index contributed by atoms with van der Waals surface area (Å²) in [4.78, 5) is 42.9. The molecule has 1 aliphatic rings. The van der Waals surface area contributed by atoms with Crippen molar-refractivity contribution < 1.29 is 19.1 Å². The molecular formula is C20H21N3O4. The van der Waals surface area contributed by atoms with Crippen molar-refractivity contribution in [3.05, 3.63) is 65.5 Å². The van der Waals surface area contributed by atoms with Crippen molar-refractivity contribution in [1.29, 1.82) is 0 Å². The molecule has 1 aromatic heterocycles. The Bertz CT molecular complexity index is 839. The highest BCUT2D eigenvalue weighted by molar-refractivity contribution is 6.21. The van der Waals surface area contributed by atoms with Crippen LogP contribution in [0.15, 0.2) is 48.7 Å². The van der Waals surface area contributed by atoms with Gasteiger partial charge in [-0.05, 0) is 45.0 Å². The predicted octanol–water partition coefficient (Wildman–Crippen LogP) is 2.94. The first-order valence-electron chi connectivity index (χ1n) is 8.62. The van der Waals surface area contributed by atoms with E-state index >= 15 is 0 Å². The highest BCUT2D eigenvalue weighted by Gasteiger charge is 2.37. The fourth-order valence-electron chi connectivity index (χ4n) is 2.83. The summed E-state index contributed by atoms with van der Waals surface area (Å²) in [5.41, 5.74) is 0.577. The molecule has 1 atom stereocenters. The zero-order chi connectivity index (χ0) is 19.6. The highest BCUT2D eigenvalue weighted by atomic mass is 16.6. The van der Waals surface area contributed by atoms with Gasteiger partial charge in [0, 0.05) is 6.20 Å². The number of hydrogen-bond donors (Lipinski definition) is 1. The van der Waals surface area contributed by atoms with Gasteiger partial charge in [-0.2, -0.15) is 0 Å². The van der Waals surface area contributed by atoms with Crippen LogP contribution in [-0.2, 0) is 4.74 Å². The summed E-state index contributed by atoms with van der Waals surface area (Å²) in [5, 5.41) is 2.71. The van der Waals surface area contributed by atoms with Crippen LogP contribution in [0, 0.1) is 0 Å². The normalized spacial score (nSPS) is 14.7. The van der Waals surface area contributed by atoms with E-state index in [9.17, 15) is 14.4 Å². The fourth-order valence-corrected chi connectivity index (χ4v) is 2.83. The maximum atomic E-state index is 12.6. The van der Waals surface area contributed by atoms with Gasteiger partial charge >= 0.3 is 6.09 Å². The number of fused-ring (bicyclic) bond motifs is 1. The number of nitrogens with zero attached hydrogens (tertiary/aromatic N) is 2. The molecule has 2 heterocycles. The van der Waals surface area contributed by atoms with Crippen LogP contribution in [0.25, 0.3) is 0 Å². The minimum absolute atomic E-state index is 0.0391. The zero-order valence-corrected chi connectivity index (χ0v) is 15.4. The summed E-state index contributed by atoms with van der Waals surface area (Å²) in [6.07, 6.45) is 0.941. The van der Waals surface area contributed by atoms with Crippen LogP contribution in [0.2, 0.25) is 0 Å². The number of benzene rings is 1. The van der Waals surface area contributed by atoms with E-state index in [0.29, 0.717) is 16.8 Å². The highest BCUT2D eigenvalue weighted by Crippen LogP contribution is 2.25. The summed E-state index contributed by atoms with van der Waals surface area (Å²) in [6, 6.07) is 11.2. The van der Waals surface area contributed by atoms with E-state index in [2.05, 4.69) is 10.3 Å². The molecule has 1 N–H and O–H groups in total. The molecular weight excluding hydrogens is 346 g/mol. The Hall–Kier alpha value is -3.22. The Morgan fingerprint density at radius 3 is 2.19 bits per heavy atom. The van der Waals surface area contributed by atoms with Crippen molar-refractivity contribution in [3.8, 4) is 0 Å². The van der Waals surface area contributed by atoms with E-state index in [1.54, 1.807) is 69.4 Å². The zero-order valence-electron chi connectivity index (χ0n) is 15.4. The largest absolute Gasteiger partial charge is 0.444 e. The van der Waals surface area contributed by atoms with Gasteiger partial charge in [-0.3, -0.25) is 19.5 Å². The van der Waals surface area contributed by atoms with Crippen LogP contribution in [-0.4, -0.2) is 39.9 Å². The van der Waals surface area contributed by atoms with Crippen molar-refractivity contribution in [3.63, 3.8) is 0 Å². The average molecular weight is 367 g/mol. The van der Waals surface area contributed by atoms with Gasteiger partial charge in [0.1, 0.15) is 5.60 Å². The van der Waals surface area contributed by atoms with Crippen molar-refractivity contribution >= 4 is 17.9 Å². The standard InChI is InChI=1S/C20H21N3O4/c1-20(2,3)27-19(26)22-16(15-10-6-7-11-21-15)12-23-17(24)13-8-4-5-9-14(13)18(23)25/h4-11,16H,12H2,1-3H3,(H,22,26)/t16-/m1/s1. The third-order valence-electron chi connectivity index (χ3n) is 3.98. The van der Waals surface area contributed by atoms with E-state index in [-0.39, 0.29) is 18.4 Å². The van der Waals surface area contributed by atoms with Crippen molar-refractivity contribution in [2.45, 2.75) is 32.4 Å². The monoisotopic (exact) mass is 367 g/mol. The van der Waals surface area contributed by atoms with E-state index in [4.69, 9.17) is 4.74 Å². The molecule has 1 aromatic carbocycles. The summed E-state index contributed by atoms with van der Waals surface area (Å²) < 4.78 is 5.30. The van der Waals surface area contributed by atoms with E-state index in [0.717, 1.165) is 4.90 Å². The van der Waals surface area contributed by atoms with Gasteiger partial charge in [0.15, 0.2) is 0 Å². The Morgan fingerprint density at radius 1 is 1.07 bits per heavy atom. The molecule has 0 saturated heterocycles. The third-order valence-corrected chi connectivity index (χ3v) is 3.98. The van der Waals surface area contributed by atoms with Crippen molar-refractivity contribution in [2.24, 2.45) is 0 Å². The molecule has 27 heavy (non-hydrogen) atoms. The molecule has 7 heteroatoms. The molecule has 0 bridgehead atoms. The van der Waals surface area contributed by atoms with Crippen LogP contribution in [0.3, 0.4) is 0 Å². The minimum Gasteiger partial charge on any atom is -0.444 e. The Balaban J connectivity index is 1.83. The summed E-state index contributed by atoms with van der Waals surface area (Å²) in [7, 11) is 0. The second-order valence-corrected chi connectivity index (χ2v) is 7.22. The lowest BCUT2D eigenvalue weighted by molar-refractivity contribution is 0.0465. The first-order chi connectivity index (χ1) is 12.8. The molecule has 0 radical (unpaired) electrons. The van der Waals surface area contributed by atoms with Gasteiger partial charge < -0.3 is 10.1 Å². The summed E-state index contributed by atoms with van der Waals surface area (Å²) in [6.45, 7) is 5.23. The number of pyridine rings is 1. The smallest absolute Gasteiger partial charge is 0.408 e. The number of ether oxygens (including phenoxy) is 1. The molecule has 0 saturated carbocycles. The summed E-state index contributed by atoms with van der Waals surface area (Å²) >= 11 is 0. The molecule has 3 amide bonds. The number of rotatable bonds is 4. The van der Waals surface area contributed by atoms with Gasteiger partial charge in [-0.15, -0.1) is 0 Å². The number of carbonyl (C=O) groups excluding carboxylic acids is 3. The molecule has 1 aliphatic heterocycles. The maximum Gasteiger partial charge on any atom is 0.408 e. The van der Waals surface area contributed by atoms with Crippen LogP contribution in [0.1, 0.15) is 53.2 Å². The van der Waals surface area contributed by atoms with Gasteiger partial charge in [0.25, 0.3) is 11.8 Å². The molecule has 0 fully saturated rings. The first-order valence-corrected chi connectivity index (χ1v) is 8.62. The quantitative estimate of drug-likeness (QED) is 0.840. The number of alkyl carbamates (subject to hydrolysis) is 1. The minimum atomic E-state index is -0.691. The molecule has 0 aliphatic carbocycles. The number of imide groups is 1. The average Bonchev–Trinajstić information content (AvgIpc) is 2.85. The SMILES string of the molecule is CC(C)(C)OC(=O)N[C@H](CN1C(=O)c2ccccc2C1=O)c1ccccn1. The molecule has 0 spiro atoms. The van der Waals surface area contributed by atoms with Gasteiger partial charge in [0.05, 0.1) is 29.4 Å². The van der Waals surface area contributed by atoms with E-state index in [1.165, 1.54) is 0 Å².